The van der Waals surface area contributed by atoms with E-state index < -0.39 is 0 Å². The normalized spacial score (nSPS) is 11.2. The first-order valence-corrected chi connectivity index (χ1v) is 10.3. The molecule has 0 aliphatic rings. The Labute approximate surface area is 179 Å². The highest BCUT2D eigenvalue weighted by Gasteiger charge is 2.21. The largest absolute Gasteiger partial charge is 0.497 e. The van der Waals surface area contributed by atoms with Gasteiger partial charge in [-0.05, 0) is 61.4 Å². The van der Waals surface area contributed by atoms with Crippen molar-refractivity contribution >= 4 is 38.8 Å². The van der Waals surface area contributed by atoms with E-state index in [2.05, 4.69) is 16.2 Å². The molecule has 30 heavy (non-hydrogen) atoms. The number of hydrogen-bond acceptors (Lipinski definition) is 5. The Hall–Kier alpha value is -3.51. The molecule has 0 atom stereocenters. The Morgan fingerprint density at radius 3 is 2.40 bits per heavy atom. The average Bonchev–Trinajstić information content (AvgIpc) is 3.18. The molecule has 0 aliphatic carbocycles. The van der Waals surface area contributed by atoms with E-state index in [0.29, 0.717) is 16.4 Å². The maximum Gasteiger partial charge on any atom is 0.280 e. The SMILES string of the molecule is COc1ccc(C(=O)N(/N=C/c2ccc(C)cc2)c2nc3ccc(C)cc3s2)cc1. The van der Waals surface area contributed by atoms with Gasteiger partial charge in [-0.15, -0.1) is 0 Å². The molecule has 0 fully saturated rings. The number of anilines is 1. The molecule has 150 valence electrons. The van der Waals surface area contributed by atoms with Crippen LogP contribution >= 0.6 is 11.3 Å². The molecule has 0 radical (unpaired) electrons. The summed E-state index contributed by atoms with van der Waals surface area (Å²) in [6.45, 7) is 4.07. The average molecular weight is 416 g/mol. The summed E-state index contributed by atoms with van der Waals surface area (Å²) in [5, 5.41) is 6.40. The van der Waals surface area contributed by atoms with E-state index in [9.17, 15) is 4.79 Å². The molecule has 4 rings (SSSR count). The summed E-state index contributed by atoms with van der Waals surface area (Å²) in [7, 11) is 1.60. The molecule has 0 saturated heterocycles. The van der Waals surface area contributed by atoms with Crippen LogP contribution in [0, 0.1) is 13.8 Å². The quantitative estimate of drug-likeness (QED) is 0.315. The minimum Gasteiger partial charge on any atom is -0.497 e. The molecular weight excluding hydrogens is 394 g/mol. The molecule has 1 aromatic heterocycles. The van der Waals surface area contributed by atoms with Crippen LogP contribution in [-0.4, -0.2) is 24.2 Å². The van der Waals surface area contributed by atoms with Gasteiger partial charge in [0.1, 0.15) is 5.75 Å². The molecule has 4 aromatic rings. The number of methoxy groups -OCH3 is 1. The summed E-state index contributed by atoms with van der Waals surface area (Å²) in [4.78, 5) is 17.9. The highest BCUT2D eigenvalue weighted by atomic mass is 32.1. The molecule has 0 N–H and O–H groups in total. The van der Waals surface area contributed by atoms with Gasteiger partial charge in [0.2, 0.25) is 5.13 Å². The van der Waals surface area contributed by atoms with Crippen molar-refractivity contribution in [1.29, 1.82) is 0 Å². The number of fused-ring (bicyclic) bond motifs is 1. The van der Waals surface area contributed by atoms with Gasteiger partial charge in [-0.2, -0.15) is 10.1 Å². The highest BCUT2D eigenvalue weighted by molar-refractivity contribution is 7.22. The van der Waals surface area contributed by atoms with Gasteiger partial charge in [0.15, 0.2) is 0 Å². The van der Waals surface area contributed by atoms with Gasteiger partial charge < -0.3 is 4.74 Å². The number of carbonyl (C=O) groups is 1. The fraction of sp³-hybridized carbons (Fsp3) is 0.125. The Balaban J connectivity index is 1.74. The van der Waals surface area contributed by atoms with Gasteiger partial charge in [-0.25, -0.2) is 4.98 Å². The maximum absolute atomic E-state index is 13.3. The smallest absolute Gasteiger partial charge is 0.280 e. The monoisotopic (exact) mass is 415 g/mol. The molecular formula is C24H21N3O2S. The van der Waals surface area contributed by atoms with E-state index in [1.807, 2.05) is 50.2 Å². The van der Waals surface area contributed by atoms with Gasteiger partial charge >= 0.3 is 0 Å². The van der Waals surface area contributed by atoms with E-state index in [-0.39, 0.29) is 5.91 Å². The fourth-order valence-corrected chi connectivity index (χ4v) is 3.95. The number of hydrazone groups is 1. The number of ether oxygens (including phenoxy) is 1. The van der Waals surface area contributed by atoms with Crippen molar-refractivity contribution in [3.63, 3.8) is 0 Å². The number of carbonyl (C=O) groups excluding carboxylic acids is 1. The van der Waals surface area contributed by atoms with Crippen molar-refractivity contribution < 1.29 is 9.53 Å². The summed E-state index contributed by atoms with van der Waals surface area (Å²) in [6.07, 6.45) is 1.68. The molecule has 6 heteroatoms. The van der Waals surface area contributed by atoms with Crippen LogP contribution in [0.4, 0.5) is 5.13 Å². The van der Waals surface area contributed by atoms with Crippen molar-refractivity contribution in [1.82, 2.24) is 4.98 Å². The predicted octanol–water partition coefficient (Wildman–Crippen LogP) is 5.60. The van der Waals surface area contributed by atoms with E-state index in [1.165, 1.54) is 21.9 Å². The number of nitrogens with zero attached hydrogens (tertiary/aromatic N) is 3. The molecule has 1 amide bonds. The lowest BCUT2D eigenvalue weighted by Crippen LogP contribution is -2.25. The Morgan fingerprint density at radius 2 is 1.70 bits per heavy atom. The topological polar surface area (TPSA) is 54.8 Å². The number of rotatable bonds is 5. The van der Waals surface area contributed by atoms with Crippen LogP contribution in [0.1, 0.15) is 27.0 Å². The number of amides is 1. The van der Waals surface area contributed by atoms with Crippen molar-refractivity contribution in [2.75, 3.05) is 12.1 Å². The first kappa shape index (κ1) is 19.8. The van der Waals surface area contributed by atoms with Gasteiger partial charge in [0, 0.05) is 5.56 Å². The van der Waals surface area contributed by atoms with Gasteiger partial charge in [0.05, 0.1) is 23.5 Å². The Kier molecular flexibility index (Phi) is 5.59. The fourth-order valence-electron chi connectivity index (χ4n) is 2.93. The maximum atomic E-state index is 13.3. The zero-order chi connectivity index (χ0) is 21.1. The third-order valence-corrected chi connectivity index (χ3v) is 5.64. The molecule has 1 heterocycles. The van der Waals surface area contributed by atoms with Crippen molar-refractivity contribution in [3.05, 3.63) is 89.0 Å². The third kappa shape index (κ3) is 4.23. The summed E-state index contributed by atoms with van der Waals surface area (Å²) >= 11 is 1.44. The van der Waals surface area contributed by atoms with Gasteiger partial charge in [-0.1, -0.05) is 47.2 Å². The zero-order valence-corrected chi connectivity index (χ0v) is 17.8. The highest BCUT2D eigenvalue weighted by Crippen LogP contribution is 2.31. The number of hydrogen-bond donors (Lipinski definition) is 0. The standard InChI is InChI=1S/C24H21N3O2S/c1-16-4-7-18(8-5-16)15-25-27(23(28)19-9-11-20(29-3)12-10-19)24-26-21-13-6-17(2)14-22(21)30-24/h4-15H,1-3H3/b25-15+. The summed E-state index contributed by atoms with van der Waals surface area (Å²) < 4.78 is 6.21. The van der Waals surface area contributed by atoms with E-state index in [0.717, 1.165) is 21.3 Å². The van der Waals surface area contributed by atoms with Crippen LogP contribution in [0.15, 0.2) is 71.8 Å². The summed E-state index contributed by atoms with van der Waals surface area (Å²) in [6, 6.07) is 21.0. The molecule has 0 saturated carbocycles. The van der Waals surface area contributed by atoms with E-state index in [1.54, 1.807) is 37.6 Å². The lowest BCUT2D eigenvalue weighted by atomic mass is 10.2. The second kappa shape index (κ2) is 8.47. The minimum absolute atomic E-state index is 0.253. The van der Waals surface area contributed by atoms with Crippen molar-refractivity contribution in [2.45, 2.75) is 13.8 Å². The van der Waals surface area contributed by atoms with Crippen LogP contribution in [0.5, 0.6) is 5.75 Å². The Morgan fingerprint density at radius 1 is 1.00 bits per heavy atom. The summed E-state index contributed by atoms with van der Waals surface area (Å²) in [5.74, 6) is 0.438. The number of thiazole rings is 1. The van der Waals surface area contributed by atoms with Crippen LogP contribution in [0.2, 0.25) is 0 Å². The molecule has 5 nitrogen and oxygen atoms in total. The minimum atomic E-state index is -0.253. The van der Waals surface area contributed by atoms with Crippen LogP contribution in [-0.2, 0) is 0 Å². The first-order valence-electron chi connectivity index (χ1n) is 9.50. The molecule has 0 bridgehead atoms. The van der Waals surface area contributed by atoms with Gasteiger partial charge in [-0.3, -0.25) is 4.79 Å². The number of benzene rings is 3. The first-order chi connectivity index (χ1) is 14.5. The van der Waals surface area contributed by atoms with Crippen LogP contribution in [0.25, 0.3) is 10.2 Å². The molecule has 0 spiro atoms. The second-order valence-corrected chi connectivity index (χ2v) is 7.98. The lowest BCUT2D eigenvalue weighted by Gasteiger charge is -2.14. The lowest BCUT2D eigenvalue weighted by molar-refractivity contribution is 0.0988. The van der Waals surface area contributed by atoms with Crippen LogP contribution < -0.4 is 9.75 Å². The van der Waals surface area contributed by atoms with Crippen molar-refractivity contribution in [2.24, 2.45) is 5.10 Å². The number of aryl methyl sites for hydroxylation is 2. The van der Waals surface area contributed by atoms with E-state index in [4.69, 9.17) is 4.74 Å². The second-order valence-electron chi connectivity index (χ2n) is 6.97. The predicted molar refractivity (Wildman–Crippen MR) is 123 cm³/mol. The zero-order valence-electron chi connectivity index (χ0n) is 17.0. The molecule has 0 aliphatic heterocycles. The summed E-state index contributed by atoms with van der Waals surface area (Å²) in [5.41, 5.74) is 4.57. The Bertz CT molecular complexity index is 1210. The molecule has 0 unspecified atom stereocenters. The van der Waals surface area contributed by atoms with Crippen molar-refractivity contribution in [3.8, 4) is 5.75 Å². The van der Waals surface area contributed by atoms with Gasteiger partial charge in [0.25, 0.3) is 5.91 Å². The third-order valence-electron chi connectivity index (χ3n) is 4.64. The number of aromatic nitrogens is 1. The van der Waals surface area contributed by atoms with Crippen LogP contribution in [0.3, 0.4) is 0 Å². The van der Waals surface area contributed by atoms with E-state index >= 15 is 0 Å². The molecule has 3 aromatic carbocycles.